The summed E-state index contributed by atoms with van der Waals surface area (Å²) in [5, 5.41) is 2.84. The van der Waals surface area contributed by atoms with Gasteiger partial charge in [0.25, 0.3) is 0 Å². The molecular weight excluding hydrogens is 348 g/mol. The lowest BCUT2D eigenvalue weighted by molar-refractivity contribution is -0.121. The van der Waals surface area contributed by atoms with Crippen molar-refractivity contribution in [1.29, 1.82) is 0 Å². The molecular formula is C20H26N2O3S. The molecule has 0 radical (unpaired) electrons. The highest BCUT2D eigenvalue weighted by molar-refractivity contribution is 7.88. The summed E-state index contributed by atoms with van der Waals surface area (Å²) < 4.78 is 25.4. The van der Waals surface area contributed by atoms with Gasteiger partial charge in [0.05, 0.1) is 6.26 Å². The zero-order valence-electron chi connectivity index (χ0n) is 15.5. The van der Waals surface area contributed by atoms with Gasteiger partial charge in [-0.2, -0.15) is 4.31 Å². The predicted molar refractivity (Wildman–Crippen MR) is 104 cm³/mol. The summed E-state index contributed by atoms with van der Waals surface area (Å²) >= 11 is 0. The zero-order chi connectivity index (χ0) is 19.2. The summed E-state index contributed by atoms with van der Waals surface area (Å²) in [5.41, 5.74) is 4.17. The molecule has 0 spiro atoms. The molecule has 2 rings (SSSR count). The van der Waals surface area contributed by atoms with Crippen LogP contribution in [-0.4, -0.2) is 31.4 Å². The first kappa shape index (κ1) is 20.1. The Hall–Kier alpha value is -2.18. The van der Waals surface area contributed by atoms with Gasteiger partial charge in [0, 0.05) is 26.1 Å². The van der Waals surface area contributed by atoms with Crippen LogP contribution >= 0.6 is 0 Å². The minimum absolute atomic E-state index is 0.130. The first-order valence-corrected chi connectivity index (χ1v) is 10.4. The highest BCUT2D eigenvalue weighted by Crippen LogP contribution is 2.11. The van der Waals surface area contributed by atoms with Crippen molar-refractivity contribution in [3.05, 3.63) is 70.8 Å². The van der Waals surface area contributed by atoms with Crippen LogP contribution in [0.1, 0.15) is 28.7 Å². The van der Waals surface area contributed by atoms with E-state index in [1.165, 1.54) is 16.1 Å². The lowest BCUT2D eigenvalue weighted by Crippen LogP contribution is -2.34. The van der Waals surface area contributed by atoms with Crippen LogP contribution in [0.3, 0.4) is 0 Å². The molecule has 0 aliphatic rings. The second kappa shape index (κ2) is 8.96. The molecule has 26 heavy (non-hydrogen) atoms. The third-order valence-corrected chi connectivity index (χ3v) is 5.36. The maximum Gasteiger partial charge on any atom is 0.221 e. The monoisotopic (exact) mass is 374 g/mol. The molecule has 0 bridgehead atoms. The molecule has 0 saturated carbocycles. The van der Waals surface area contributed by atoms with E-state index in [-0.39, 0.29) is 25.4 Å². The SMILES string of the molecule is Cc1ccc(CNC(=O)CCN(Cc2cccc(C)c2)S(C)(=O)=O)cc1. The molecule has 0 aromatic heterocycles. The molecule has 5 nitrogen and oxygen atoms in total. The van der Waals surface area contributed by atoms with E-state index >= 15 is 0 Å². The van der Waals surface area contributed by atoms with Crippen molar-refractivity contribution in [3.8, 4) is 0 Å². The summed E-state index contributed by atoms with van der Waals surface area (Å²) in [6.45, 7) is 4.84. The van der Waals surface area contributed by atoms with Crippen molar-refractivity contribution >= 4 is 15.9 Å². The number of nitrogens with zero attached hydrogens (tertiary/aromatic N) is 1. The molecule has 2 aromatic rings. The van der Waals surface area contributed by atoms with Gasteiger partial charge in [-0.25, -0.2) is 8.42 Å². The quantitative estimate of drug-likeness (QED) is 0.773. The van der Waals surface area contributed by atoms with Crippen molar-refractivity contribution in [1.82, 2.24) is 9.62 Å². The van der Waals surface area contributed by atoms with Crippen molar-refractivity contribution in [2.75, 3.05) is 12.8 Å². The fraction of sp³-hybridized carbons (Fsp3) is 0.350. The highest BCUT2D eigenvalue weighted by Gasteiger charge is 2.18. The van der Waals surface area contributed by atoms with Crippen LogP contribution < -0.4 is 5.32 Å². The Morgan fingerprint density at radius 3 is 2.31 bits per heavy atom. The number of carbonyl (C=O) groups is 1. The van der Waals surface area contributed by atoms with Gasteiger partial charge in [0.2, 0.25) is 15.9 Å². The zero-order valence-corrected chi connectivity index (χ0v) is 16.3. The number of nitrogens with one attached hydrogen (secondary N) is 1. The molecule has 0 fully saturated rings. The number of sulfonamides is 1. The largest absolute Gasteiger partial charge is 0.352 e. The number of amides is 1. The molecule has 0 atom stereocenters. The summed E-state index contributed by atoms with van der Waals surface area (Å²) in [6, 6.07) is 15.6. The Labute approximate surface area is 156 Å². The maximum atomic E-state index is 12.1. The molecule has 0 aliphatic heterocycles. The molecule has 0 aliphatic carbocycles. The fourth-order valence-electron chi connectivity index (χ4n) is 2.60. The lowest BCUT2D eigenvalue weighted by Gasteiger charge is -2.20. The van der Waals surface area contributed by atoms with E-state index in [1.54, 1.807) is 0 Å². The van der Waals surface area contributed by atoms with E-state index in [1.807, 2.05) is 62.4 Å². The van der Waals surface area contributed by atoms with Gasteiger partial charge in [-0.1, -0.05) is 59.7 Å². The van der Waals surface area contributed by atoms with Crippen molar-refractivity contribution < 1.29 is 13.2 Å². The van der Waals surface area contributed by atoms with Crippen LogP contribution in [0.5, 0.6) is 0 Å². The molecule has 140 valence electrons. The number of carbonyl (C=O) groups excluding carboxylic acids is 1. The van der Waals surface area contributed by atoms with Gasteiger partial charge < -0.3 is 5.32 Å². The molecule has 1 N–H and O–H groups in total. The minimum Gasteiger partial charge on any atom is -0.352 e. The average Bonchev–Trinajstić information content (AvgIpc) is 2.57. The van der Waals surface area contributed by atoms with E-state index in [0.717, 1.165) is 16.7 Å². The predicted octanol–water partition coefficient (Wildman–Crippen LogP) is 2.77. The topological polar surface area (TPSA) is 66.5 Å². The Kier molecular flexibility index (Phi) is 6.94. The molecule has 1 amide bonds. The van der Waals surface area contributed by atoms with Gasteiger partial charge in [-0.15, -0.1) is 0 Å². The first-order valence-electron chi connectivity index (χ1n) is 8.57. The second-order valence-corrected chi connectivity index (χ2v) is 8.58. The minimum atomic E-state index is -3.39. The Balaban J connectivity index is 1.90. The van der Waals surface area contributed by atoms with E-state index in [2.05, 4.69) is 5.32 Å². The smallest absolute Gasteiger partial charge is 0.221 e. The molecule has 6 heteroatoms. The van der Waals surface area contributed by atoms with Crippen LogP contribution in [0.4, 0.5) is 0 Å². The van der Waals surface area contributed by atoms with E-state index in [9.17, 15) is 13.2 Å². The normalized spacial score (nSPS) is 11.5. The summed E-state index contributed by atoms with van der Waals surface area (Å²) in [6.07, 6.45) is 1.30. The Morgan fingerprint density at radius 2 is 1.69 bits per heavy atom. The molecule has 2 aromatic carbocycles. The van der Waals surface area contributed by atoms with Crippen molar-refractivity contribution in [3.63, 3.8) is 0 Å². The summed E-state index contributed by atoms with van der Waals surface area (Å²) in [7, 11) is -3.39. The summed E-state index contributed by atoms with van der Waals surface area (Å²) in [4.78, 5) is 12.1. The van der Waals surface area contributed by atoms with Gasteiger partial charge in [0.1, 0.15) is 0 Å². The summed E-state index contributed by atoms with van der Waals surface area (Å²) in [5.74, 6) is -0.163. The maximum absolute atomic E-state index is 12.1. The first-order chi connectivity index (χ1) is 12.2. The standard InChI is InChI=1S/C20H26N2O3S/c1-16-7-9-18(10-8-16)14-21-20(23)11-12-22(26(3,24)25)15-19-6-4-5-17(2)13-19/h4-10,13H,11-12,14-15H2,1-3H3,(H,21,23). The fourth-order valence-corrected chi connectivity index (χ4v) is 3.40. The Morgan fingerprint density at radius 1 is 1.00 bits per heavy atom. The Bertz CT molecular complexity index is 846. The lowest BCUT2D eigenvalue weighted by atomic mass is 10.1. The van der Waals surface area contributed by atoms with Crippen LogP contribution in [0.25, 0.3) is 0 Å². The third kappa shape index (κ3) is 6.61. The molecule has 0 saturated heterocycles. The number of rotatable bonds is 8. The van der Waals surface area contributed by atoms with Crippen LogP contribution in [0.2, 0.25) is 0 Å². The number of benzene rings is 2. The van der Waals surface area contributed by atoms with Crippen molar-refractivity contribution in [2.45, 2.75) is 33.4 Å². The van der Waals surface area contributed by atoms with Crippen LogP contribution in [-0.2, 0) is 27.9 Å². The van der Waals surface area contributed by atoms with Crippen molar-refractivity contribution in [2.24, 2.45) is 0 Å². The van der Waals surface area contributed by atoms with Gasteiger partial charge in [-0.05, 0) is 25.0 Å². The number of hydrogen-bond acceptors (Lipinski definition) is 3. The van der Waals surface area contributed by atoms with Gasteiger partial charge >= 0.3 is 0 Å². The van der Waals surface area contributed by atoms with Gasteiger partial charge in [-0.3, -0.25) is 4.79 Å². The second-order valence-electron chi connectivity index (χ2n) is 6.60. The van der Waals surface area contributed by atoms with E-state index < -0.39 is 10.0 Å². The van der Waals surface area contributed by atoms with E-state index in [0.29, 0.717) is 6.54 Å². The molecule has 0 heterocycles. The molecule has 0 unspecified atom stereocenters. The average molecular weight is 375 g/mol. The van der Waals surface area contributed by atoms with Gasteiger partial charge in [0.15, 0.2) is 0 Å². The van der Waals surface area contributed by atoms with E-state index in [4.69, 9.17) is 0 Å². The third-order valence-electron chi connectivity index (χ3n) is 4.11. The van der Waals surface area contributed by atoms with Crippen LogP contribution in [0.15, 0.2) is 48.5 Å². The number of hydrogen-bond donors (Lipinski definition) is 1. The number of aryl methyl sites for hydroxylation is 2. The van der Waals surface area contributed by atoms with Crippen LogP contribution in [0, 0.1) is 13.8 Å². The highest BCUT2D eigenvalue weighted by atomic mass is 32.2.